The number of rotatable bonds is 6. The highest BCUT2D eigenvalue weighted by atomic mass is 79.9. The molecule has 0 radical (unpaired) electrons. The van der Waals surface area contributed by atoms with E-state index in [2.05, 4.69) is 21.4 Å². The first kappa shape index (κ1) is 21.1. The number of aromatic nitrogens is 1. The molecule has 8 heteroatoms. The van der Waals surface area contributed by atoms with E-state index in [9.17, 15) is 9.90 Å². The highest BCUT2D eigenvalue weighted by Gasteiger charge is 2.19. The summed E-state index contributed by atoms with van der Waals surface area (Å²) in [6.45, 7) is 2.36. The largest absolute Gasteiger partial charge is 0.488 e. The molecule has 0 spiro atoms. The second-order valence-electron chi connectivity index (χ2n) is 7.59. The molecule has 0 bridgehead atoms. The summed E-state index contributed by atoms with van der Waals surface area (Å²) >= 11 is 3.68. The van der Waals surface area contributed by atoms with Gasteiger partial charge in [0.05, 0.1) is 28.7 Å². The Bertz CT molecular complexity index is 1340. The van der Waals surface area contributed by atoms with Gasteiger partial charge < -0.3 is 14.4 Å². The second kappa shape index (κ2) is 8.65. The van der Waals surface area contributed by atoms with Crippen molar-refractivity contribution in [1.82, 2.24) is 15.1 Å². The first-order chi connectivity index (χ1) is 16.0. The fourth-order valence-corrected chi connectivity index (χ4v) is 4.41. The molecule has 0 saturated heterocycles. The number of nitrogens with one attached hydrogen (secondary N) is 1. The molecule has 166 valence electrons. The average Bonchev–Trinajstić information content (AvgIpc) is 3.43. The molecule has 2 aromatic carbocycles. The lowest BCUT2D eigenvalue weighted by atomic mass is 10.1. The minimum Gasteiger partial charge on any atom is -0.488 e. The van der Waals surface area contributed by atoms with Crippen molar-refractivity contribution in [2.45, 2.75) is 6.92 Å². The molecule has 0 unspecified atom stereocenters. The molecule has 2 N–H and O–H groups in total. The van der Waals surface area contributed by atoms with Crippen LogP contribution in [0.25, 0.3) is 16.9 Å². The van der Waals surface area contributed by atoms with Gasteiger partial charge in [-0.25, -0.2) is 15.3 Å². The standard InChI is InChI=1S/C25H20BrN3O4/c1-16-8-9-22(29(16)19-5-2-4-18(13-19)25(30)31)24-21(26)6-3-7-23(24)32-15-17-10-11-28-20(12-17)14-27-33-28/h2-14,27H,15H2,1H3,(H,30,31). The molecule has 3 heterocycles. The van der Waals surface area contributed by atoms with Crippen LogP contribution in [0.3, 0.4) is 0 Å². The maximum atomic E-state index is 11.5. The van der Waals surface area contributed by atoms with Gasteiger partial charge in [0.2, 0.25) is 0 Å². The van der Waals surface area contributed by atoms with Gasteiger partial charge in [0.25, 0.3) is 0 Å². The maximum absolute atomic E-state index is 11.5. The lowest BCUT2D eigenvalue weighted by molar-refractivity contribution is -0.112. The van der Waals surface area contributed by atoms with E-state index >= 15 is 0 Å². The number of nitrogens with zero attached hydrogens (tertiary/aromatic N) is 2. The molecule has 0 aliphatic carbocycles. The quantitative estimate of drug-likeness (QED) is 0.470. The minimum absolute atomic E-state index is 0.236. The summed E-state index contributed by atoms with van der Waals surface area (Å²) in [4.78, 5) is 16.7. The summed E-state index contributed by atoms with van der Waals surface area (Å²) in [6, 6.07) is 16.8. The van der Waals surface area contributed by atoms with Crippen molar-refractivity contribution in [2.24, 2.45) is 0 Å². The Balaban J connectivity index is 1.51. The van der Waals surface area contributed by atoms with Crippen LogP contribution in [-0.2, 0) is 4.94 Å². The predicted molar refractivity (Wildman–Crippen MR) is 127 cm³/mol. The summed E-state index contributed by atoms with van der Waals surface area (Å²) in [5, 5.41) is 11.1. The lowest BCUT2D eigenvalue weighted by Gasteiger charge is -2.19. The van der Waals surface area contributed by atoms with Crippen molar-refractivity contribution >= 4 is 21.9 Å². The Morgan fingerprint density at radius 3 is 2.88 bits per heavy atom. The number of fused-ring (bicyclic) bond motifs is 1. The zero-order chi connectivity index (χ0) is 22.9. The minimum atomic E-state index is -0.960. The second-order valence-corrected chi connectivity index (χ2v) is 8.45. The van der Waals surface area contributed by atoms with E-state index in [1.54, 1.807) is 29.5 Å². The number of benzene rings is 2. The molecule has 0 saturated carbocycles. The zero-order valence-corrected chi connectivity index (χ0v) is 19.2. The third-order valence-electron chi connectivity index (χ3n) is 5.42. The number of aryl methyl sites for hydroxylation is 1. The molecular formula is C25H20BrN3O4. The van der Waals surface area contributed by atoms with E-state index in [1.807, 2.05) is 66.2 Å². The van der Waals surface area contributed by atoms with Gasteiger partial charge in [-0.05, 0) is 83.0 Å². The number of hydrogen-bond donors (Lipinski definition) is 2. The number of halogens is 1. The smallest absolute Gasteiger partial charge is 0.335 e. The third kappa shape index (κ3) is 4.06. The van der Waals surface area contributed by atoms with E-state index in [4.69, 9.17) is 9.68 Å². The summed E-state index contributed by atoms with van der Waals surface area (Å²) < 4.78 is 9.17. The number of aromatic carboxylic acids is 1. The van der Waals surface area contributed by atoms with Crippen molar-refractivity contribution in [2.75, 3.05) is 6.61 Å². The molecular weight excluding hydrogens is 486 g/mol. The Hall–Kier alpha value is -3.75. The molecule has 2 aliphatic rings. The Morgan fingerprint density at radius 2 is 2.03 bits per heavy atom. The number of hydrogen-bond acceptors (Lipinski definition) is 5. The third-order valence-corrected chi connectivity index (χ3v) is 6.08. The van der Waals surface area contributed by atoms with Gasteiger partial charge >= 0.3 is 5.97 Å². The van der Waals surface area contributed by atoms with E-state index in [-0.39, 0.29) is 5.56 Å². The molecule has 1 aromatic heterocycles. The first-order valence-corrected chi connectivity index (χ1v) is 11.0. The molecule has 0 fully saturated rings. The van der Waals surface area contributed by atoms with Crippen molar-refractivity contribution in [1.29, 1.82) is 0 Å². The van der Waals surface area contributed by atoms with E-state index < -0.39 is 5.97 Å². The van der Waals surface area contributed by atoms with Crippen LogP contribution in [0.2, 0.25) is 0 Å². The fourth-order valence-electron chi connectivity index (χ4n) is 3.86. The van der Waals surface area contributed by atoms with Crippen LogP contribution in [0.1, 0.15) is 16.1 Å². The molecule has 0 atom stereocenters. The van der Waals surface area contributed by atoms with Crippen molar-refractivity contribution < 1.29 is 19.6 Å². The van der Waals surface area contributed by atoms with Gasteiger partial charge in [-0.1, -0.05) is 12.1 Å². The van der Waals surface area contributed by atoms with Gasteiger partial charge in [-0.15, -0.1) is 0 Å². The molecule has 5 rings (SSSR count). The topological polar surface area (TPSA) is 76.0 Å². The normalized spacial score (nSPS) is 14.4. The number of allylic oxidation sites excluding steroid dienone is 1. The Morgan fingerprint density at radius 1 is 1.18 bits per heavy atom. The number of carbonyl (C=O) groups is 1. The zero-order valence-electron chi connectivity index (χ0n) is 17.7. The van der Waals surface area contributed by atoms with Crippen molar-refractivity contribution in [3.63, 3.8) is 0 Å². The summed E-state index contributed by atoms with van der Waals surface area (Å²) in [5.41, 5.74) is 8.38. The number of carboxylic acids is 1. The molecule has 0 amide bonds. The molecule has 33 heavy (non-hydrogen) atoms. The van der Waals surface area contributed by atoms with Crippen LogP contribution in [-0.4, -0.2) is 27.3 Å². The van der Waals surface area contributed by atoms with Crippen LogP contribution in [0.15, 0.2) is 94.9 Å². The van der Waals surface area contributed by atoms with E-state index in [1.165, 1.54) is 0 Å². The lowest BCUT2D eigenvalue weighted by Crippen LogP contribution is -2.17. The number of ether oxygens (including phenoxy) is 1. The van der Waals surface area contributed by atoms with Gasteiger partial charge in [0, 0.05) is 22.1 Å². The molecule has 2 aliphatic heterocycles. The monoisotopic (exact) mass is 505 g/mol. The van der Waals surface area contributed by atoms with Gasteiger partial charge in [0.1, 0.15) is 12.4 Å². The highest BCUT2D eigenvalue weighted by molar-refractivity contribution is 9.10. The summed E-state index contributed by atoms with van der Waals surface area (Å²) in [7, 11) is 0. The predicted octanol–water partition coefficient (Wildman–Crippen LogP) is 5.34. The molecule has 7 nitrogen and oxygen atoms in total. The van der Waals surface area contributed by atoms with Crippen LogP contribution in [0.4, 0.5) is 0 Å². The highest BCUT2D eigenvalue weighted by Crippen LogP contribution is 2.39. The summed E-state index contributed by atoms with van der Waals surface area (Å²) in [6.07, 6.45) is 7.53. The Labute approximate surface area is 198 Å². The van der Waals surface area contributed by atoms with Crippen LogP contribution in [0, 0.1) is 6.92 Å². The number of hydroxylamine groups is 3. The van der Waals surface area contributed by atoms with E-state index in [0.717, 1.165) is 38.4 Å². The van der Waals surface area contributed by atoms with E-state index in [0.29, 0.717) is 12.4 Å². The van der Waals surface area contributed by atoms with Gasteiger partial charge in [-0.2, -0.15) is 4.94 Å². The first-order valence-electron chi connectivity index (χ1n) is 10.3. The Kier molecular flexibility index (Phi) is 5.53. The SMILES string of the molecule is Cc1ccc(-c2c(Br)cccc2OCC2=CC3=CNON3C=C2)n1-c1cccc(C(=O)O)c1. The van der Waals surface area contributed by atoms with Crippen LogP contribution >= 0.6 is 15.9 Å². The van der Waals surface area contributed by atoms with Gasteiger partial charge in [-0.3, -0.25) is 0 Å². The fraction of sp³-hybridized carbons (Fsp3) is 0.0800. The maximum Gasteiger partial charge on any atom is 0.335 e. The van der Waals surface area contributed by atoms with Crippen molar-refractivity contribution in [3.05, 3.63) is 106 Å². The number of carboxylic acid groups (broad SMARTS) is 1. The van der Waals surface area contributed by atoms with Crippen LogP contribution < -0.4 is 10.2 Å². The van der Waals surface area contributed by atoms with Crippen LogP contribution in [0.5, 0.6) is 5.75 Å². The summed E-state index contributed by atoms with van der Waals surface area (Å²) in [5.74, 6) is -0.247. The average molecular weight is 506 g/mol. The van der Waals surface area contributed by atoms with Crippen molar-refractivity contribution in [3.8, 4) is 22.7 Å². The van der Waals surface area contributed by atoms with Gasteiger partial charge in [0.15, 0.2) is 0 Å². The molecule has 3 aromatic rings.